The number of likely N-dealkylation sites (tertiary alicyclic amines) is 1. The third-order valence-electron chi connectivity index (χ3n) is 4.31. The molecule has 1 fully saturated rings. The van der Waals surface area contributed by atoms with E-state index in [2.05, 4.69) is 36.9 Å². The summed E-state index contributed by atoms with van der Waals surface area (Å²) in [6.45, 7) is 9.09. The van der Waals surface area contributed by atoms with Crippen molar-refractivity contribution in [3.63, 3.8) is 0 Å². The van der Waals surface area contributed by atoms with Crippen molar-refractivity contribution in [2.45, 2.75) is 52.4 Å². The molecule has 1 aliphatic rings. The summed E-state index contributed by atoms with van der Waals surface area (Å²) in [6, 6.07) is 6.36. The molecule has 1 aromatic rings. The normalized spacial score (nSPS) is 15.7. The molecule has 1 heterocycles. The van der Waals surface area contributed by atoms with Crippen molar-refractivity contribution in [2.24, 2.45) is 0 Å². The van der Waals surface area contributed by atoms with Gasteiger partial charge in [-0.05, 0) is 82.4 Å². The van der Waals surface area contributed by atoms with E-state index in [9.17, 15) is 0 Å². The van der Waals surface area contributed by atoms with E-state index in [1.54, 1.807) is 0 Å². The number of benzene rings is 1. The maximum absolute atomic E-state index is 5.81. The first-order valence-electron chi connectivity index (χ1n) is 8.18. The van der Waals surface area contributed by atoms with Gasteiger partial charge in [-0.3, -0.25) is 0 Å². The zero-order valence-electron chi connectivity index (χ0n) is 13.2. The lowest BCUT2D eigenvalue weighted by Gasteiger charge is -2.13. The van der Waals surface area contributed by atoms with Gasteiger partial charge in [0.25, 0.3) is 0 Å². The monoisotopic (exact) mass is 275 g/mol. The fraction of sp³-hybridized carbons (Fsp3) is 0.667. The highest BCUT2D eigenvalue weighted by Crippen LogP contribution is 2.17. The fourth-order valence-corrected chi connectivity index (χ4v) is 2.79. The maximum atomic E-state index is 5.81. The highest BCUT2D eigenvalue weighted by atomic mass is 16.5. The number of aryl methyl sites for hydroxylation is 2. The van der Waals surface area contributed by atoms with Crippen LogP contribution in [-0.4, -0.2) is 31.1 Å². The van der Waals surface area contributed by atoms with Crippen LogP contribution in [0.1, 0.15) is 49.7 Å². The van der Waals surface area contributed by atoms with Gasteiger partial charge in [-0.15, -0.1) is 0 Å². The van der Waals surface area contributed by atoms with E-state index >= 15 is 0 Å². The highest BCUT2D eigenvalue weighted by Gasteiger charge is 2.09. The summed E-state index contributed by atoms with van der Waals surface area (Å²) in [6.07, 6.45) is 7.97. The van der Waals surface area contributed by atoms with Crippen molar-refractivity contribution in [3.8, 4) is 5.75 Å². The Labute approximate surface area is 124 Å². The van der Waals surface area contributed by atoms with E-state index in [4.69, 9.17) is 4.74 Å². The Morgan fingerprint density at radius 1 is 0.950 bits per heavy atom. The third-order valence-corrected chi connectivity index (χ3v) is 4.31. The summed E-state index contributed by atoms with van der Waals surface area (Å²) in [5, 5.41) is 0. The quantitative estimate of drug-likeness (QED) is 0.654. The van der Waals surface area contributed by atoms with Crippen molar-refractivity contribution < 1.29 is 4.74 Å². The van der Waals surface area contributed by atoms with E-state index in [1.807, 2.05) is 0 Å². The van der Waals surface area contributed by atoms with Gasteiger partial charge >= 0.3 is 0 Å². The average Bonchev–Trinajstić information content (AvgIpc) is 2.95. The molecule has 2 nitrogen and oxygen atoms in total. The van der Waals surface area contributed by atoms with Crippen molar-refractivity contribution in [2.75, 3.05) is 26.2 Å². The molecule has 0 aromatic heterocycles. The molecule has 1 aliphatic heterocycles. The van der Waals surface area contributed by atoms with E-state index in [-0.39, 0.29) is 0 Å². The Morgan fingerprint density at radius 3 is 2.45 bits per heavy atom. The molecule has 20 heavy (non-hydrogen) atoms. The summed E-state index contributed by atoms with van der Waals surface area (Å²) in [7, 11) is 0. The van der Waals surface area contributed by atoms with Gasteiger partial charge in [0.1, 0.15) is 5.75 Å². The largest absolute Gasteiger partial charge is 0.494 e. The summed E-state index contributed by atoms with van der Waals surface area (Å²) in [4.78, 5) is 2.60. The second-order valence-electron chi connectivity index (χ2n) is 6.06. The smallest absolute Gasteiger partial charge is 0.119 e. The van der Waals surface area contributed by atoms with Gasteiger partial charge in [-0.1, -0.05) is 18.9 Å². The van der Waals surface area contributed by atoms with Crippen LogP contribution < -0.4 is 4.74 Å². The topological polar surface area (TPSA) is 12.5 Å². The van der Waals surface area contributed by atoms with Gasteiger partial charge in [-0.25, -0.2) is 0 Å². The van der Waals surface area contributed by atoms with Crippen molar-refractivity contribution in [1.82, 2.24) is 4.90 Å². The molecule has 0 amide bonds. The summed E-state index contributed by atoms with van der Waals surface area (Å²) in [5.41, 5.74) is 2.65. The highest BCUT2D eigenvalue weighted by molar-refractivity contribution is 5.33. The van der Waals surface area contributed by atoms with Crippen LogP contribution >= 0.6 is 0 Å². The lowest BCUT2D eigenvalue weighted by atomic mass is 10.1. The van der Waals surface area contributed by atoms with Gasteiger partial charge < -0.3 is 9.64 Å². The summed E-state index contributed by atoms with van der Waals surface area (Å²) >= 11 is 0. The van der Waals surface area contributed by atoms with Crippen LogP contribution in [0.5, 0.6) is 5.75 Å². The van der Waals surface area contributed by atoms with Crippen molar-refractivity contribution in [1.29, 1.82) is 0 Å². The minimum Gasteiger partial charge on any atom is -0.494 e. The number of unbranched alkanes of at least 4 members (excludes halogenated alkanes) is 3. The lowest BCUT2D eigenvalue weighted by Crippen LogP contribution is -2.20. The Morgan fingerprint density at radius 2 is 1.70 bits per heavy atom. The number of rotatable bonds is 8. The van der Waals surface area contributed by atoms with Crippen molar-refractivity contribution >= 4 is 0 Å². The molecule has 112 valence electrons. The second-order valence-corrected chi connectivity index (χ2v) is 6.06. The Kier molecular flexibility index (Phi) is 6.38. The second kappa shape index (κ2) is 8.31. The minimum atomic E-state index is 0.853. The number of hydrogen-bond acceptors (Lipinski definition) is 2. The van der Waals surface area contributed by atoms with E-state index in [1.165, 1.54) is 69.3 Å². The molecule has 0 unspecified atom stereocenters. The van der Waals surface area contributed by atoms with Gasteiger partial charge in [0, 0.05) is 0 Å². The van der Waals surface area contributed by atoms with Crippen molar-refractivity contribution in [3.05, 3.63) is 29.3 Å². The van der Waals surface area contributed by atoms with Crippen LogP contribution in [0.25, 0.3) is 0 Å². The van der Waals surface area contributed by atoms with Gasteiger partial charge in [0.15, 0.2) is 0 Å². The van der Waals surface area contributed by atoms with Crippen LogP contribution in [0.15, 0.2) is 18.2 Å². The zero-order chi connectivity index (χ0) is 14.2. The molecule has 1 aromatic carbocycles. The molecule has 0 bridgehead atoms. The lowest BCUT2D eigenvalue weighted by molar-refractivity contribution is 0.296. The first-order chi connectivity index (χ1) is 9.75. The summed E-state index contributed by atoms with van der Waals surface area (Å²) in [5.74, 6) is 1.02. The molecule has 2 heteroatoms. The summed E-state index contributed by atoms with van der Waals surface area (Å²) < 4.78 is 5.81. The first-order valence-corrected chi connectivity index (χ1v) is 8.18. The molecule has 0 spiro atoms. The minimum absolute atomic E-state index is 0.853. The van der Waals surface area contributed by atoms with Crippen LogP contribution in [0.4, 0.5) is 0 Å². The van der Waals surface area contributed by atoms with Crippen LogP contribution in [0, 0.1) is 13.8 Å². The molecule has 0 radical (unpaired) electrons. The van der Waals surface area contributed by atoms with E-state index in [0.29, 0.717) is 0 Å². The Balaban J connectivity index is 1.49. The SMILES string of the molecule is Cc1ccc(OCCCCCCN2CCCC2)cc1C. The molecule has 0 saturated carbocycles. The standard InChI is InChI=1S/C18H29NO/c1-16-9-10-18(15-17(16)2)20-14-8-4-3-5-11-19-12-6-7-13-19/h9-10,15H,3-8,11-14H2,1-2H3. The Hall–Kier alpha value is -1.02. The molecule has 0 N–H and O–H groups in total. The first kappa shape index (κ1) is 15.4. The Bertz CT molecular complexity index is 396. The van der Waals surface area contributed by atoms with Gasteiger partial charge in [-0.2, -0.15) is 0 Å². The number of hydrogen-bond donors (Lipinski definition) is 0. The number of nitrogens with zero attached hydrogens (tertiary/aromatic N) is 1. The molecule has 2 rings (SSSR count). The number of ether oxygens (including phenoxy) is 1. The molecular weight excluding hydrogens is 246 g/mol. The average molecular weight is 275 g/mol. The van der Waals surface area contributed by atoms with Gasteiger partial charge in [0.05, 0.1) is 6.61 Å². The molecule has 1 saturated heterocycles. The molecular formula is C18H29NO. The van der Waals surface area contributed by atoms with Crippen LogP contribution in [0.3, 0.4) is 0 Å². The predicted molar refractivity (Wildman–Crippen MR) is 85.6 cm³/mol. The predicted octanol–water partition coefficient (Wildman–Crippen LogP) is 4.34. The molecule has 0 aliphatic carbocycles. The fourth-order valence-electron chi connectivity index (χ4n) is 2.79. The van der Waals surface area contributed by atoms with E-state index in [0.717, 1.165) is 12.4 Å². The third kappa shape index (κ3) is 5.16. The van der Waals surface area contributed by atoms with E-state index < -0.39 is 0 Å². The molecule has 0 atom stereocenters. The van der Waals surface area contributed by atoms with Crippen LogP contribution in [0.2, 0.25) is 0 Å². The zero-order valence-corrected chi connectivity index (χ0v) is 13.2. The van der Waals surface area contributed by atoms with Crippen LogP contribution in [-0.2, 0) is 0 Å². The van der Waals surface area contributed by atoms with Gasteiger partial charge in [0.2, 0.25) is 0 Å². The maximum Gasteiger partial charge on any atom is 0.119 e.